The second kappa shape index (κ2) is 8.79. The first-order valence-electron chi connectivity index (χ1n) is 9.13. The van der Waals surface area contributed by atoms with E-state index < -0.39 is 15.8 Å². The number of rotatable bonds is 6. The third-order valence-corrected chi connectivity index (χ3v) is 6.83. The van der Waals surface area contributed by atoms with Crippen molar-refractivity contribution >= 4 is 21.6 Å². The molecular formula is C20H23FN2O5S. The molecule has 0 saturated carbocycles. The normalized spacial score (nSPS) is 15.7. The van der Waals surface area contributed by atoms with Crippen LogP contribution in [0.3, 0.4) is 0 Å². The predicted octanol–water partition coefficient (Wildman–Crippen LogP) is 2.88. The summed E-state index contributed by atoms with van der Waals surface area (Å²) in [5.74, 6) is -0.384. The van der Waals surface area contributed by atoms with Gasteiger partial charge in [0.2, 0.25) is 15.9 Å². The van der Waals surface area contributed by atoms with Crippen LogP contribution < -0.4 is 14.8 Å². The molecule has 0 radical (unpaired) electrons. The van der Waals surface area contributed by atoms with E-state index in [4.69, 9.17) is 9.47 Å². The van der Waals surface area contributed by atoms with Gasteiger partial charge < -0.3 is 14.8 Å². The molecule has 2 aromatic carbocycles. The van der Waals surface area contributed by atoms with Crippen molar-refractivity contribution in [2.75, 3.05) is 32.6 Å². The Balaban J connectivity index is 1.69. The zero-order valence-electron chi connectivity index (χ0n) is 16.2. The van der Waals surface area contributed by atoms with E-state index in [1.807, 2.05) is 0 Å². The maximum Gasteiger partial charge on any atom is 0.246 e. The van der Waals surface area contributed by atoms with Crippen molar-refractivity contribution in [3.05, 3.63) is 48.3 Å². The molecule has 1 saturated heterocycles. The Morgan fingerprint density at radius 1 is 1.10 bits per heavy atom. The number of sulfonamides is 1. The Kier molecular flexibility index (Phi) is 6.39. The summed E-state index contributed by atoms with van der Waals surface area (Å²) >= 11 is 0. The lowest BCUT2D eigenvalue weighted by Gasteiger charge is -2.31. The minimum atomic E-state index is -3.80. The van der Waals surface area contributed by atoms with Gasteiger partial charge in [0.05, 0.1) is 14.2 Å². The summed E-state index contributed by atoms with van der Waals surface area (Å²) in [6.07, 6.45) is 0.735. The minimum Gasteiger partial charge on any atom is -0.497 e. The Morgan fingerprint density at radius 3 is 2.45 bits per heavy atom. The highest BCUT2D eigenvalue weighted by Crippen LogP contribution is 2.32. The third-order valence-electron chi connectivity index (χ3n) is 4.91. The van der Waals surface area contributed by atoms with E-state index in [0.717, 1.165) is 0 Å². The topological polar surface area (TPSA) is 84.9 Å². The second-order valence-corrected chi connectivity index (χ2v) is 8.60. The number of nitrogens with zero attached hydrogens (tertiary/aromatic N) is 1. The summed E-state index contributed by atoms with van der Waals surface area (Å²) in [6, 6.07) is 10.3. The zero-order chi connectivity index (χ0) is 21.0. The average Bonchev–Trinajstić information content (AvgIpc) is 2.73. The van der Waals surface area contributed by atoms with Crippen LogP contribution in [0.15, 0.2) is 47.4 Å². The molecule has 1 N–H and O–H groups in total. The maximum atomic E-state index is 13.3. The van der Waals surface area contributed by atoms with Gasteiger partial charge in [0.1, 0.15) is 22.2 Å². The molecular weight excluding hydrogens is 399 g/mol. The van der Waals surface area contributed by atoms with Crippen LogP contribution in [0.5, 0.6) is 11.5 Å². The van der Waals surface area contributed by atoms with E-state index in [2.05, 4.69) is 5.32 Å². The number of hydrogen-bond acceptors (Lipinski definition) is 5. The molecule has 3 rings (SSSR count). The first-order chi connectivity index (χ1) is 13.8. The van der Waals surface area contributed by atoms with Gasteiger partial charge >= 0.3 is 0 Å². The fourth-order valence-electron chi connectivity index (χ4n) is 3.29. The summed E-state index contributed by atoms with van der Waals surface area (Å²) in [7, 11) is -0.938. The largest absolute Gasteiger partial charge is 0.497 e. The lowest BCUT2D eigenvalue weighted by Crippen LogP contribution is -2.41. The Labute approximate surface area is 169 Å². The number of ether oxygens (including phenoxy) is 2. The molecule has 0 bridgehead atoms. The molecule has 1 amide bonds. The number of hydrogen-bond donors (Lipinski definition) is 1. The maximum absolute atomic E-state index is 13.3. The molecule has 29 heavy (non-hydrogen) atoms. The lowest BCUT2D eigenvalue weighted by molar-refractivity contribution is -0.120. The second-order valence-electron chi connectivity index (χ2n) is 6.69. The number of piperidine rings is 1. The molecule has 9 heteroatoms. The quantitative estimate of drug-likeness (QED) is 0.774. The van der Waals surface area contributed by atoms with Gasteiger partial charge in [-0.3, -0.25) is 4.79 Å². The van der Waals surface area contributed by atoms with E-state index in [9.17, 15) is 17.6 Å². The lowest BCUT2D eigenvalue weighted by atomic mass is 9.97. The molecule has 1 heterocycles. The summed E-state index contributed by atoms with van der Waals surface area (Å²) in [4.78, 5) is 12.5. The van der Waals surface area contributed by atoms with Crippen molar-refractivity contribution in [3.63, 3.8) is 0 Å². The molecule has 0 aliphatic carbocycles. The van der Waals surface area contributed by atoms with Crippen molar-refractivity contribution in [3.8, 4) is 11.5 Å². The number of halogens is 1. The van der Waals surface area contributed by atoms with E-state index in [1.165, 1.54) is 42.8 Å². The van der Waals surface area contributed by atoms with Crippen LogP contribution in [-0.4, -0.2) is 45.9 Å². The number of anilines is 1. The Bertz CT molecular complexity index is 988. The van der Waals surface area contributed by atoms with E-state index >= 15 is 0 Å². The Morgan fingerprint density at radius 2 is 1.83 bits per heavy atom. The van der Waals surface area contributed by atoms with Crippen LogP contribution >= 0.6 is 0 Å². The number of carbonyl (C=O) groups is 1. The van der Waals surface area contributed by atoms with Crippen LogP contribution in [-0.2, 0) is 14.8 Å². The highest BCUT2D eigenvalue weighted by molar-refractivity contribution is 7.89. The van der Waals surface area contributed by atoms with E-state index in [1.54, 1.807) is 18.2 Å². The molecule has 1 fully saturated rings. The number of benzene rings is 2. The van der Waals surface area contributed by atoms with Gasteiger partial charge in [-0.1, -0.05) is 6.07 Å². The van der Waals surface area contributed by atoms with Crippen LogP contribution in [0.25, 0.3) is 0 Å². The zero-order valence-corrected chi connectivity index (χ0v) is 17.0. The fraction of sp³-hybridized carbons (Fsp3) is 0.350. The molecule has 0 aromatic heterocycles. The monoisotopic (exact) mass is 422 g/mol. The highest BCUT2D eigenvalue weighted by atomic mass is 32.2. The highest BCUT2D eigenvalue weighted by Gasteiger charge is 2.34. The van der Waals surface area contributed by atoms with Crippen molar-refractivity contribution in [1.82, 2.24) is 4.31 Å². The van der Waals surface area contributed by atoms with Gasteiger partial charge in [-0.2, -0.15) is 4.31 Å². The van der Waals surface area contributed by atoms with Gasteiger partial charge in [-0.15, -0.1) is 0 Å². The van der Waals surface area contributed by atoms with Crippen LogP contribution in [0.4, 0.5) is 10.1 Å². The average molecular weight is 422 g/mol. The van der Waals surface area contributed by atoms with Crippen LogP contribution in [0, 0.1) is 11.7 Å². The smallest absolute Gasteiger partial charge is 0.246 e. The molecule has 2 aromatic rings. The molecule has 1 aliphatic heterocycles. The summed E-state index contributed by atoms with van der Waals surface area (Å²) < 4.78 is 51.1. The van der Waals surface area contributed by atoms with Crippen molar-refractivity contribution < 1.29 is 27.1 Å². The summed E-state index contributed by atoms with van der Waals surface area (Å²) in [5.41, 5.74) is 0.381. The first-order valence-corrected chi connectivity index (χ1v) is 10.6. The van der Waals surface area contributed by atoms with Crippen molar-refractivity contribution in [2.45, 2.75) is 17.7 Å². The number of carbonyl (C=O) groups excluding carboxylic acids is 1. The number of methoxy groups -OCH3 is 2. The van der Waals surface area contributed by atoms with Gasteiger partial charge in [0.25, 0.3) is 0 Å². The molecule has 0 unspecified atom stereocenters. The van der Waals surface area contributed by atoms with Gasteiger partial charge in [0.15, 0.2) is 0 Å². The molecule has 156 valence electrons. The summed E-state index contributed by atoms with van der Waals surface area (Å²) in [6.45, 7) is 0.397. The molecule has 0 atom stereocenters. The number of amides is 1. The van der Waals surface area contributed by atoms with Gasteiger partial charge in [0, 0.05) is 30.8 Å². The summed E-state index contributed by atoms with van der Waals surface area (Å²) in [5, 5.41) is 2.69. The van der Waals surface area contributed by atoms with Crippen LogP contribution in [0.1, 0.15) is 12.8 Å². The molecule has 7 nitrogen and oxygen atoms in total. The van der Waals surface area contributed by atoms with E-state index in [0.29, 0.717) is 24.3 Å². The number of nitrogens with one attached hydrogen (secondary N) is 1. The van der Waals surface area contributed by atoms with Crippen molar-refractivity contribution in [1.29, 1.82) is 0 Å². The van der Waals surface area contributed by atoms with Gasteiger partial charge in [-0.25, -0.2) is 12.8 Å². The SMILES string of the molecule is COc1ccc(OC)c(S(=O)(=O)N2CCC(C(=O)Nc3cccc(F)c3)CC2)c1. The first kappa shape index (κ1) is 21.1. The standard InChI is InChI=1S/C20H23FN2O5S/c1-27-17-6-7-18(28-2)19(13-17)29(25,26)23-10-8-14(9-11-23)20(24)22-16-5-3-4-15(21)12-16/h3-7,12-14H,8-11H2,1-2H3,(H,22,24). The van der Waals surface area contributed by atoms with Gasteiger partial charge in [-0.05, 0) is 43.2 Å². The van der Waals surface area contributed by atoms with E-state index in [-0.39, 0.29) is 35.6 Å². The van der Waals surface area contributed by atoms with Crippen molar-refractivity contribution in [2.24, 2.45) is 5.92 Å². The minimum absolute atomic E-state index is 0.0296. The van der Waals surface area contributed by atoms with Crippen LogP contribution in [0.2, 0.25) is 0 Å². The Hall–Kier alpha value is -2.65. The predicted molar refractivity (Wildman–Crippen MR) is 106 cm³/mol. The molecule has 0 spiro atoms. The third kappa shape index (κ3) is 4.68. The fourth-order valence-corrected chi connectivity index (χ4v) is 4.93. The molecule has 1 aliphatic rings.